The Morgan fingerprint density at radius 3 is 2.62 bits per heavy atom. The van der Waals surface area contributed by atoms with E-state index in [4.69, 9.17) is 14.2 Å². The number of carbonyl (C=O) groups is 2. The molecule has 0 N–H and O–H groups in total. The number of hydrogen-bond acceptors (Lipinski definition) is 5. The van der Waals surface area contributed by atoms with E-state index in [1.54, 1.807) is 36.4 Å². The third kappa shape index (κ3) is 4.14. The number of hydrogen-bond donors (Lipinski definition) is 0. The molecule has 0 unspecified atom stereocenters. The third-order valence-corrected chi connectivity index (χ3v) is 3.80. The van der Waals surface area contributed by atoms with Gasteiger partial charge in [-0.1, -0.05) is 13.0 Å². The Labute approximate surface area is 148 Å². The molecule has 24 heavy (non-hydrogen) atoms. The van der Waals surface area contributed by atoms with Crippen molar-refractivity contribution in [3.05, 3.63) is 52.0 Å². The number of rotatable bonds is 7. The number of esters is 1. The molecule has 0 saturated heterocycles. The van der Waals surface area contributed by atoms with Gasteiger partial charge in [-0.15, -0.1) is 0 Å². The maximum absolute atomic E-state index is 12.4. The van der Waals surface area contributed by atoms with Gasteiger partial charge in [-0.05, 0) is 52.7 Å². The molecule has 5 nitrogen and oxygen atoms in total. The molecule has 0 amide bonds. The van der Waals surface area contributed by atoms with Crippen molar-refractivity contribution in [3.8, 4) is 17.2 Å². The second kappa shape index (κ2) is 8.49. The van der Waals surface area contributed by atoms with Gasteiger partial charge in [0.25, 0.3) is 0 Å². The van der Waals surface area contributed by atoms with Crippen LogP contribution in [0.25, 0.3) is 0 Å². The number of methoxy groups -OCH3 is 1. The number of benzene rings is 2. The zero-order chi connectivity index (χ0) is 17.5. The molecule has 6 heteroatoms. The highest BCUT2D eigenvalue weighted by Gasteiger charge is 2.17. The SMILES string of the molecule is CCCOc1ccc(C(=O)Oc2c(C=O)cccc2OC)cc1Br. The Morgan fingerprint density at radius 2 is 2.00 bits per heavy atom. The van der Waals surface area contributed by atoms with Gasteiger partial charge in [-0.25, -0.2) is 4.79 Å². The minimum Gasteiger partial charge on any atom is -0.493 e. The van der Waals surface area contributed by atoms with Crippen LogP contribution in [0.1, 0.15) is 34.1 Å². The average Bonchev–Trinajstić information content (AvgIpc) is 2.60. The van der Waals surface area contributed by atoms with Crippen LogP contribution in [0.3, 0.4) is 0 Å². The molecular formula is C18H17BrO5. The quantitative estimate of drug-likeness (QED) is 0.399. The highest BCUT2D eigenvalue weighted by atomic mass is 79.9. The molecule has 2 rings (SSSR count). The number of aldehydes is 1. The molecule has 126 valence electrons. The van der Waals surface area contributed by atoms with Gasteiger partial charge in [0.1, 0.15) is 5.75 Å². The summed E-state index contributed by atoms with van der Waals surface area (Å²) in [6.45, 7) is 2.60. The molecule has 0 aromatic heterocycles. The molecule has 0 bridgehead atoms. The van der Waals surface area contributed by atoms with Gasteiger partial charge >= 0.3 is 5.97 Å². The molecule has 2 aromatic rings. The van der Waals surface area contributed by atoms with Crippen LogP contribution in [0.4, 0.5) is 0 Å². The Bertz CT molecular complexity index is 742. The number of carbonyl (C=O) groups excluding carboxylic acids is 2. The fraction of sp³-hybridized carbons (Fsp3) is 0.222. The van der Waals surface area contributed by atoms with E-state index < -0.39 is 5.97 Å². The molecular weight excluding hydrogens is 376 g/mol. The van der Waals surface area contributed by atoms with Crippen molar-refractivity contribution in [3.63, 3.8) is 0 Å². The first-order valence-electron chi connectivity index (χ1n) is 7.37. The monoisotopic (exact) mass is 392 g/mol. The predicted molar refractivity (Wildman–Crippen MR) is 93.3 cm³/mol. The molecule has 0 fully saturated rings. The van der Waals surface area contributed by atoms with E-state index in [1.165, 1.54) is 7.11 Å². The third-order valence-electron chi connectivity index (χ3n) is 3.18. The first-order chi connectivity index (χ1) is 11.6. The standard InChI is InChI=1S/C18H17BrO5/c1-3-9-23-15-8-7-12(10-14(15)19)18(21)24-17-13(11-20)5-4-6-16(17)22-2/h4-8,10-11H,3,9H2,1-2H3. The summed E-state index contributed by atoms with van der Waals surface area (Å²) in [4.78, 5) is 23.5. The minimum absolute atomic E-state index is 0.0995. The number of para-hydroxylation sites is 1. The molecule has 0 heterocycles. The van der Waals surface area contributed by atoms with Gasteiger partial charge in [0.2, 0.25) is 0 Å². The van der Waals surface area contributed by atoms with E-state index in [2.05, 4.69) is 15.9 Å². The summed E-state index contributed by atoms with van der Waals surface area (Å²) in [5.41, 5.74) is 0.568. The molecule has 0 aliphatic carbocycles. The summed E-state index contributed by atoms with van der Waals surface area (Å²) in [6, 6.07) is 9.73. The highest BCUT2D eigenvalue weighted by molar-refractivity contribution is 9.10. The number of halogens is 1. The summed E-state index contributed by atoms with van der Waals surface area (Å²) >= 11 is 3.37. The Morgan fingerprint density at radius 1 is 1.21 bits per heavy atom. The summed E-state index contributed by atoms with van der Waals surface area (Å²) in [6.07, 6.45) is 1.50. The summed E-state index contributed by atoms with van der Waals surface area (Å²) < 4.78 is 16.7. The van der Waals surface area contributed by atoms with E-state index in [-0.39, 0.29) is 11.3 Å². The van der Waals surface area contributed by atoms with Gasteiger partial charge in [0.15, 0.2) is 17.8 Å². The summed E-state index contributed by atoms with van der Waals surface area (Å²) in [5.74, 6) is 0.474. The van der Waals surface area contributed by atoms with Crippen LogP contribution in [0.5, 0.6) is 17.2 Å². The van der Waals surface area contributed by atoms with Crippen LogP contribution in [0, 0.1) is 0 Å². The lowest BCUT2D eigenvalue weighted by atomic mass is 10.2. The Balaban J connectivity index is 2.24. The molecule has 0 saturated carbocycles. The Kier molecular flexibility index (Phi) is 6.37. The molecule has 0 aliphatic rings. The zero-order valence-corrected chi connectivity index (χ0v) is 15.0. The molecule has 0 spiro atoms. The second-order valence-corrected chi connectivity index (χ2v) is 5.73. The molecule has 0 atom stereocenters. The first-order valence-corrected chi connectivity index (χ1v) is 8.16. The van der Waals surface area contributed by atoms with Crippen LogP contribution in [-0.4, -0.2) is 26.0 Å². The highest BCUT2D eigenvalue weighted by Crippen LogP contribution is 2.32. The second-order valence-electron chi connectivity index (χ2n) is 4.88. The van der Waals surface area contributed by atoms with Crippen LogP contribution in [0.15, 0.2) is 40.9 Å². The van der Waals surface area contributed by atoms with E-state index in [0.29, 0.717) is 34.4 Å². The smallest absolute Gasteiger partial charge is 0.343 e. The predicted octanol–water partition coefficient (Wildman–Crippen LogP) is 4.28. The largest absolute Gasteiger partial charge is 0.493 e. The van der Waals surface area contributed by atoms with E-state index >= 15 is 0 Å². The van der Waals surface area contributed by atoms with E-state index in [0.717, 1.165) is 6.42 Å². The maximum atomic E-state index is 12.4. The van der Waals surface area contributed by atoms with E-state index in [9.17, 15) is 9.59 Å². The van der Waals surface area contributed by atoms with Crippen LogP contribution in [0.2, 0.25) is 0 Å². The van der Waals surface area contributed by atoms with Crippen LogP contribution >= 0.6 is 15.9 Å². The van der Waals surface area contributed by atoms with Crippen molar-refractivity contribution >= 4 is 28.2 Å². The first kappa shape index (κ1) is 18.0. The fourth-order valence-corrected chi connectivity index (χ4v) is 2.50. The van der Waals surface area contributed by atoms with Crippen molar-refractivity contribution in [1.82, 2.24) is 0 Å². The zero-order valence-electron chi connectivity index (χ0n) is 13.4. The lowest BCUT2D eigenvalue weighted by Gasteiger charge is -2.12. The molecule has 0 radical (unpaired) electrons. The summed E-state index contributed by atoms with van der Waals surface area (Å²) in [5, 5.41) is 0. The van der Waals surface area contributed by atoms with Crippen molar-refractivity contribution in [2.75, 3.05) is 13.7 Å². The van der Waals surface area contributed by atoms with Crippen LogP contribution in [-0.2, 0) is 0 Å². The lowest BCUT2D eigenvalue weighted by Crippen LogP contribution is -2.11. The van der Waals surface area contributed by atoms with E-state index in [1.807, 2.05) is 6.92 Å². The van der Waals surface area contributed by atoms with Crippen molar-refractivity contribution in [2.45, 2.75) is 13.3 Å². The van der Waals surface area contributed by atoms with Gasteiger partial charge in [0.05, 0.1) is 29.3 Å². The fourth-order valence-electron chi connectivity index (χ4n) is 2.00. The molecule has 2 aromatic carbocycles. The average molecular weight is 393 g/mol. The van der Waals surface area contributed by atoms with Crippen molar-refractivity contribution < 1.29 is 23.8 Å². The summed E-state index contributed by atoms with van der Waals surface area (Å²) in [7, 11) is 1.44. The molecule has 0 aliphatic heterocycles. The van der Waals surface area contributed by atoms with Crippen molar-refractivity contribution in [2.24, 2.45) is 0 Å². The van der Waals surface area contributed by atoms with Crippen LogP contribution < -0.4 is 14.2 Å². The van der Waals surface area contributed by atoms with Gasteiger partial charge < -0.3 is 14.2 Å². The maximum Gasteiger partial charge on any atom is 0.343 e. The van der Waals surface area contributed by atoms with Gasteiger partial charge in [-0.2, -0.15) is 0 Å². The van der Waals surface area contributed by atoms with Gasteiger partial charge in [0, 0.05) is 0 Å². The lowest BCUT2D eigenvalue weighted by molar-refractivity contribution is 0.0728. The normalized spacial score (nSPS) is 10.1. The Hall–Kier alpha value is -2.34. The number of ether oxygens (including phenoxy) is 3. The van der Waals surface area contributed by atoms with Gasteiger partial charge in [-0.3, -0.25) is 4.79 Å². The minimum atomic E-state index is -0.592. The topological polar surface area (TPSA) is 61.8 Å². The van der Waals surface area contributed by atoms with Crippen molar-refractivity contribution in [1.29, 1.82) is 0 Å².